The Bertz CT molecular complexity index is 2160. The number of fused-ring (bicyclic) bond motifs is 4. The van der Waals surface area contributed by atoms with Gasteiger partial charge in [0.1, 0.15) is 17.5 Å². The Morgan fingerprint density at radius 2 is 1.76 bits per heavy atom. The summed E-state index contributed by atoms with van der Waals surface area (Å²) in [6.45, 7) is 0.302. The zero-order valence-corrected chi connectivity index (χ0v) is 23.7. The van der Waals surface area contributed by atoms with Crippen LogP contribution in [0.5, 0.6) is 0 Å². The van der Waals surface area contributed by atoms with E-state index in [9.17, 15) is 22.8 Å². The standard InChI is InChI=1S/C31H22F5N7O2/c1-40-8-5-16-12-23(29(44)17-10-20(32)25(21(33)11-17)39-30(45)42-9-6-37-14-42)43-7-3-4-18(27(16)43)24-19(31(34,35)36)13-22-26(28(24)40)38-15-41(22)2/h3-4,6-7,9-15H,5,8H2,1-2H3,(H,39,45). The maximum Gasteiger partial charge on any atom is 0.417 e. The molecule has 228 valence electrons. The topological polar surface area (TPSA) is 89.5 Å². The number of benzene rings is 2. The molecule has 7 rings (SSSR count). The highest BCUT2D eigenvalue weighted by atomic mass is 19.4. The van der Waals surface area contributed by atoms with Crippen molar-refractivity contribution in [2.24, 2.45) is 7.05 Å². The second-order valence-corrected chi connectivity index (χ2v) is 10.8. The van der Waals surface area contributed by atoms with Crippen molar-refractivity contribution in [2.45, 2.75) is 12.6 Å². The van der Waals surface area contributed by atoms with Gasteiger partial charge in [0, 0.05) is 55.9 Å². The third-order valence-corrected chi connectivity index (χ3v) is 8.04. The van der Waals surface area contributed by atoms with Crippen LogP contribution in [-0.4, -0.2) is 48.9 Å². The number of anilines is 2. The first-order valence-corrected chi connectivity index (χ1v) is 13.7. The van der Waals surface area contributed by atoms with Crippen molar-refractivity contribution < 1.29 is 31.5 Å². The van der Waals surface area contributed by atoms with Gasteiger partial charge in [0.05, 0.1) is 34.3 Å². The van der Waals surface area contributed by atoms with Crippen molar-refractivity contribution in [3.63, 3.8) is 0 Å². The average Bonchev–Trinajstić information content (AvgIpc) is 3.75. The molecular weight excluding hydrogens is 597 g/mol. The lowest BCUT2D eigenvalue weighted by Gasteiger charge is -2.28. The van der Waals surface area contributed by atoms with Gasteiger partial charge in [-0.1, -0.05) is 6.07 Å². The lowest BCUT2D eigenvalue weighted by Crippen LogP contribution is -2.24. The molecule has 0 aliphatic carbocycles. The summed E-state index contributed by atoms with van der Waals surface area (Å²) in [6.07, 6.45) is 2.38. The maximum absolute atomic E-state index is 15.1. The van der Waals surface area contributed by atoms with Crippen molar-refractivity contribution >= 4 is 39.7 Å². The molecule has 0 atom stereocenters. The van der Waals surface area contributed by atoms with Crippen LogP contribution in [0, 0.1) is 11.6 Å². The van der Waals surface area contributed by atoms with Crippen LogP contribution in [-0.2, 0) is 19.6 Å². The number of aromatic nitrogens is 5. The van der Waals surface area contributed by atoms with Crippen LogP contribution in [0.25, 0.3) is 27.7 Å². The van der Waals surface area contributed by atoms with Crippen LogP contribution < -0.4 is 10.2 Å². The second-order valence-electron chi connectivity index (χ2n) is 10.8. The Balaban J connectivity index is 1.39. The number of likely N-dealkylation sites (N-methyl/N-ethyl adjacent to an activating group) is 1. The number of nitrogens with one attached hydrogen (secondary N) is 1. The molecule has 2 aromatic carbocycles. The molecule has 4 aromatic heterocycles. The van der Waals surface area contributed by atoms with Crippen LogP contribution in [0.2, 0.25) is 0 Å². The van der Waals surface area contributed by atoms with E-state index < -0.39 is 40.9 Å². The number of hydrogen-bond acceptors (Lipinski definition) is 5. The molecule has 6 aromatic rings. The minimum Gasteiger partial charge on any atom is -0.372 e. The first-order chi connectivity index (χ1) is 21.4. The van der Waals surface area contributed by atoms with Gasteiger partial charge in [-0.15, -0.1) is 0 Å². The fourth-order valence-corrected chi connectivity index (χ4v) is 5.94. The smallest absolute Gasteiger partial charge is 0.372 e. The molecule has 0 radical (unpaired) electrons. The average molecular weight is 620 g/mol. The molecule has 0 bridgehead atoms. The largest absolute Gasteiger partial charge is 0.417 e. The number of pyridine rings is 1. The SMILES string of the molecule is CN1CCc2cc(C(=O)c3cc(F)c(NC(=O)n4ccnc4)c(F)c3)n3cccc(c23)-c2c(C(F)(F)F)cc3c(ncn3C)c21. The lowest BCUT2D eigenvalue weighted by atomic mass is 9.92. The fraction of sp³-hybridized carbons (Fsp3) is 0.161. The van der Waals surface area contributed by atoms with Gasteiger partial charge in [-0.2, -0.15) is 13.2 Å². The monoisotopic (exact) mass is 619 g/mol. The van der Waals surface area contributed by atoms with Gasteiger partial charge in [-0.3, -0.25) is 9.36 Å². The first-order valence-electron chi connectivity index (χ1n) is 13.7. The van der Waals surface area contributed by atoms with Crippen LogP contribution in [0.4, 0.5) is 38.1 Å². The number of nitrogens with zero attached hydrogens (tertiary/aromatic N) is 6. The van der Waals surface area contributed by atoms with Gasteiger partial charge in [0.25, 0.3) is 0 Å². The molecule has 1 aliphatic rings. The number of hydrogen-bond donors (Lipinski definition) is 1. The lowest BCUT2D eigenvalue weighted by molar-refractivity contribution is -0.137. The van der Waals surface area contributed by atoms with E-state index in [4.69, 9.17) is 0 Å². The van der Waals surface area contributed by atoms with E-state index in [0.29, 0.717) is 40.8 Å². The van der Waals surface area contributed by atoms with E-state index in [0.717, 1.165) is 29.1 Å². The molecular formula is C31H22F5N7O2. The summed E-state index contributed by atoms with van der Waals surface area (Å²) < 4.78 is 78.2. The van der Waals surface area contributed by atoms with Gasteiger partial charge >= 0.3 is 12.2 Å². The number of halogens is 5. The van der Waals surface area contributed by atoms with Crippen LogP contribution in [0.1, 0.15) is 27.2 Å². The molecule has 1 N–H and O–H groups in total. The Morgan fingerprint density at radius 1 is 1.00 bits per heavy atom. The number of carbonyl (C=O) groups excluding carboxylic acids is 2. The van der Waals surface area contributed by atoms with E-state index in [1.54, 1.807) is 25.1 Å². The minimum atomic E-state index is -4.72. The molecule has 45 heavy (non-hydrogen) atoms. The number of aryl methyl sites for hydroxylation is 1. The number of rotatable bonds is 3. The molecule has 0 fully saturated rings. The summed E-state index contributed by atoms with van der Waals surface area (Å²) in [4.78, 5) is 35.9. The predicted molar refractivity (Wildman–Crippen MR) is 156 cm³/mol. The van der Waals surface area contributed by atoms with Crippen molar-refractivity contribution in [3.8, 4) is 11.1 Å². The highest BCUT2D eigenvalue weighted by Gasteiger charge is 2.39. The molecule has 0 saturated heterocycles. The number of carbonyl (C=O) groups is 2. The summed E-state index contributed by atoms with van der Waals surface area (Å²) >= 11 is 0. The van der Waals surface area contributed by atoms with Gasteiger partial charge in [-0.05, 0) is 42.3 Å². The van der Waals surface area contributed by atoms with Crippen molar-refractivity contribution in [2.75, 3.05) is 23.8 Å². The zero-order chi connectivity index (χ0) is 31.8. The molecule has 9 nitrogen and oxygen atoms in total. The highest BCUT2D eigenvalue weighted by Crippen LogP contribution is 2.48. The predicted octanol–water partition coefficient (Wildman–Crippen LogP) is 6.29. The number of alkyl halides is 3. The summed E-state index contributed by atoms with van der Waals surface area (Å²) in [6, 6.07) is 6.44. The number of amides is 1. The minimum absolute atomic E-state index is 0.00873. The van der Waals surface area contributed by atoms with Gasteiger partial charge in [-0.25, -0.2) is 23.5 Å². The molecule has 1 amide bonds. The zero-order valence-electron chi connectivity index (χ0n) is 23.7. The first kappa shape index (κ1) is 28.3. The van der Waals surface area contributed by atoms with Gasteiger partial charge < -0.3 is 19.2 Å². The Labute approximate surface area is 251 Å². The molecule has 0 spiro atoms. The van der Waals surface area contributed by atoms with Crippen LogP contribution in [0.15, 0.2) is 67.6 Å². The molecule has 1 aliphatic heterocycles. The third kappa shape index (κ3) is 4.43. The molecule has 0 unspecified atom stereocenters. The maximum atomic E-state index is 15.1. The number of imidazole rings is 2. The Morgan fingerprint density at radius 3 is 2.44 bits per heavy atom. The summed E-state index contributed by atoms with van der Waals surface area (Å²) in [5, 5.41) is 2.12. The van der Waals surface area contributed by atoms with Gasteiger partial charge in [0.15, 0.2) is 11.6 Å². The van der Waals surface area contributed by atoms with Crippen molar-refractivity contribution in [1.29, 1.82) is 0 Å². The second kappa shape index (κ2) is 10.0. The van der Waals surface area contributed by atoms with Gasteiger partial charge in [0.2, 0.25) is 5.78 Å². The summed E-state index contributed by atoms with van der Waals surface area (Å²) in [5.74, 6) is -3.13. The highest BCUT2D eigenvalue weighted by molar-refractivity contribution is 6.11. The molecule has 5 heterocycles. The normalized spacial score (nSPS) is 13.2. The van der Waals surface area contributed by atoms with E-state index in [2.05, 4.69) is 15.3 Å². The van der Waals surface area contributed by atoms with E-state index in [1.807, 2.05) is 0 Å². The van der Waals surface area contributed by atoms with Crippen LogP contribution in [0.3, 0.4) is 0 Å². The third-order valence-electron chi connectivity index (χ3n) is 8.04. The molecule has 14 heteroatoms. The Kier molecular flexibility index (Phi) is 6.28. The van der Waals surface area contributed by atoms with Crippen molar-refractivity contribution in [3.05, 3.63) is 102 Å². The van der Waals surface area contributed by atoms with Crippen molar-refractivity contribution in [1.82, 2.24) is 23.5 Å². The summed E-state index contributed by atoms with van der Waals surface area (Å²) in [5.41, 5.74) is 0.223. The van der Waals surface area contributed by atoms with E-state index >= 15 is 8.78 Å². The Hall–Kier alpha value is -5.53. The van der Waals surface area contributed by atoms with E-state index in [-0.39, 0.29) is 22.4 Å². The fourth-order valence-electron chi connectivity index (χ4n) is 5.94. The van der Waals surface area contributed by atoms with Crippen LogP contribution >= 0.6 is 0 Å². The molecule has 0 saturated carbocycles. The quantitative estimate of drug-likeness (QED) is 0.186. The summed E-state index contributed by atoms with van der Waals surface area (Å²) in [7, 11) is 3.32. The number of ketones is 1. The van der Waals surface area contributed by atoms with E-state index in [1.165, 1.54) is 46.0 Å².